The minimum absolute atomic E-state index is 0.0552. The van der Waals surface area contributed by atoms with E-state index in [1.54, 1.807) is 24.4 Å². The first-order valence-corrected chi connectivity index (χ1v) is 5.78. The first-order chi connectivity index (χ1) is 8.56. The molecule has 0 unspecified atom stereocenters. The van der Waals surface area contributed by atoms with Crippen LogP contribution in [0.5, 0.6) is 11.6 Å². The molecular formula is C13H12ClFN2O. The summed E-state index contributed by atoms with van der Waals surface area (Å²) in [5, 5.41) is 0.0552. The maximum absolute atomic E-state index is 13.2. The largest absolute Gasteiger partial charge is 0.439 e. The van der Waals surface area contributed by atoms with Gasteiger partial charge in [-0.2, -0.15) is 0 Å². The molecule has 0 aliphatic rings. The Morgan fingerprint density at radius 2 is 2.11 bits per heavy atom. The van der Waals surface area contributed by atoms with Crippen LogP contribution in [0, 0.1) is 5.82 Å². The Morgan fingerprint density at radius 1 is 1.33 bits per heavy atom. The Labute approximate surface area is 109 Å². The lowest BCUT2D eigenvalue weighted by atomic mass is 10.1. The Bertz CT molecular complexity index is 560. The van der Waals surface area contributed by atoms with E-state index in [0.29, 0.717) is 11.6 Å². The molecule has 18 heavy (non-hydrogen) atoms. The highest BCUT2D eigenvalue weighted by molar-refractivity contribution is 6.30. The summed E-state index contributed by atoms with van der Waals surface area (Å²) in [5.41, 5.74) is 6.66. The highest BCUT2D eigenvalue weighted by Gasteiger charge is 2.06. The quantitative estimate of drug-likeness (QED) is 0.922. The van der Waals surface area contributed by atoms with Gasteiger partial charge in [0.1, 0.15) is 11.6 Å². The molecule has 3 nitrogen and oxygen atoms in total. The summed E-state index contributed by atoms with van der Waals surface area (Å²) in [5.74, 6) is 0.176. The molecule has 2 aromatic rings. The van der Waals surface area contributed by atoms with Gasteiger partial charge < -0.3 is 10.5 Å². The summed E-state index contributed by atoms with van der Waals surface area (Å²) in [4.78, 5) is 4.04. The molecule has 2 rings (SSSR count). The third-order valence-corrected chi connectivity index (χ3v) is 2.70. The van der Waals surface area contributed by atoms with Crippen LogP contribution in [-0.2, 0) is 0 Å². The smallest absolute Gasteiger partial charge is 0.219 e. The second-order valence-corrected chi connectivity index (χ2v) is 4.30. The highest BCUT2D eigenvalue weighted by atomic mass is 35.5. The van der Waals surface area contributed by atoms with Crippen molar-refractivity contribution in [1.82, 2.24) is 4.98 Å². The number of benzene rings is 1. The molecule has 1 aromatic carbocycles. The summed E-state index contributed by atoms with van der Waals surface area (Å²) in [7, 11) is 0. The Hall–Kier alpha value is -1.65. The number of hydrogen-bond donors (Lipinski definition) is 1. The lowest BCUT2D eigenvalue weighted by molar-refractivity contribution is 0.457. The van der Waals surface area contributed by atoms with Crippen molar-refractivity contribution in [3.8, 4) is 11.6 Å². The lowest BCUT2D eigenvalue weighted by Crippen LogP contribution is -2.05. The van der Waals surface area contributed by atoms with Gasteiger partial charge in [0.25, 0.3) is 0 Å². The molecule has 0 spiro atoms. The van der Waals surface area contributed by atoms with Crippen LogP contribution in [0.15, 0.2) is 36.5 Å². The minimum atomic E-state index is -0.530. The number of hydrogen-bond acceptors (Lipinski definition) is 3. The van der Waals surface area contributed by atoms with Gasteiger partial charge in [0.05, 0.1) is 5.02 Å². The fourth-order valence-electron chi connectivity index (χ4n) is 1.42. The van der Waals surface area contributed by atoms with Gasteiger partial charge in [-0.3, -0.25) is 0 Å². The average molecular weight is 267 g/mol. The minimum Gasteiger partial charge on any atom is -0.439 e. The number of halogens is 2. The lowest BCUT2D eigenvalue weighted by Gasteiger charge is -2.09. The van der Waals surface area contributed by atoms with Crippen molar-refractivity contribution in [2.45, 2.75) is 13.0 Å². The van der Waals surface area contributed by atoms with E-state index in [4.69, 9.17) is 22.1 Å². The predicted molar refractivity (Wildman–Crippen MR) is 68.3 cm³/mol. The molecule has 1 heterocycles. The molecular weight excluding hydrogens is 255 g/mol. The molecule has 1 atom stereocenters. The van der Waals surface area contributed by atoms with E-state index in [2.05, 4.69) is 4.98 Å². The highest BCUT2D eigenvalue weighted by Crippen LogP contribution is 2.25. The maximum atomic E-state index is 13.2. The fraction of sp³-hybridized carbons (Fsp3) is 0.154. The van der Waals surface area contributed by atoms with E-state index in [9.17, 15) is 4.39 Å². The zero-order valence-corrected chi connectivity index (χ0v) is 10.5. The third-order valence-electron chi connectivity index (χ3n) is 2.40. The topological polar surface area (TPSA) is 48.1 Å². The molecule has 2 N–H and O–H groups in total. The molecule has 0 radical (unpaired) electrons. The van der Waals surface area contributed by atoms with E-state index in [0.717, 1.165) is 5.56 Å². The molecule has 0 fully saturated rings. The number of nitrogens with zero attached hydrogens (tertiary/aromatic N) is 1. The number of pyridine rings is 1. The molecule has 0 aliphatic heterocycles. The van der Waals surface area contributed by atoms with Gasteiger partial charge in [-0.15, -0.1) is 0 Å². The summed E-state index contributed by atoms with van der Waals surface area (Å²) in [6, 6.07) is 7.63. The molecule has 0 bridgehead atoms. The van der Waals surface area contributed by atoms with Crippen LogP contribution in [0.25, 0.3) is 0 Å². The van der Waals surface area contributed by atoms with Crippen molar-refractivity contribution in [3.05, 3.63) is 52.9 Å². The van der Waals surface area contributed by atoms with Gasteiger partial charge in [-0.1, -0.05) is 11.6 Å². The maximum Gasteiger partial charge on any atom is 0.219 e. The normalized spacial score (nSPS) is 12.2. The summed E-state index contributed by atoms with van der Waals surface area (Å²) < 4.78 is 18.7. The molecule has 0 amide bonds. The standard InChI is InChI=1S/C13H12ClFN2O/c1-8(16)9-4-5-17-13(6-9)18-10-2-3-11(14)12(15)7-10/h2-8H,16H2,1H3/t8-/m0/s1. The van der Waals surface area contributed by atoms with E-state index < -0.39 is 5.82 Å². The van der Waals surface area contributed by atoms with Crippen molar-refractivity contribution in [2.75, 3.05) is 0 Å². The van der Waals surface area contributed by atoms with Crippen molar-refractivity contribution in [1.29, 1.82) is 0 Å². The molecule has 5 heteroatoms. The Kier molecular flexibility index (Phi) is 3.79. The molecule has 0 saturated carbocycles. The predicted octanol–water partition coefficient (Wildman–Crippen LogP) is 3.69. The Morgan fingerprint density at radius 3 is 2.78 bits per heavy atom. The molecule has 0 saturated heterocycles. The van der Waals surface area contributed by atoms with Gasteiger partial charge in [-0.25, -0.2) is 9.37 Å². The van der Waals surface area contributed by atoms with Crippen LogP contribution in [0.4, 0.5) is 4.39 Å². The van der Waals surface area contributed by atoms with Crippen LogP contribution >= 0.6 is 11.6 Å². The average Bonchev–Trinajstić information content (AvgIpc) is 2.34. The zero-order valence-electron chi connectivity index (χ0n) is 9.73. The first kappa shape index (κ1) is 12.8. The fourth-order valence-corrected chi connectivity index (χ4v) is 1.54. The number of nitrogens with two attached hydrogens (primary N) is 1. The molecule has 0 aliphatic carbocycles. The van der Waals surface area contributed by atoms with Crippen LogP contribution in [0.3, 0.4) is 0 Å². The van der Waals surface area contributed by atoms with E-state index >= 15 is 0 Å². The zero-order chi connectivity index (χ0) is 13.1. The van der Waals surface area contributed by atoms with Gasteiger partial charge in [0.2, 0.25) is 5.88 Å². The van der Waals surface area contributed by atoms with Crippen LogP contribution in [0.2, 0.25) is 5.02 Å². The van der Waals surface area contributed by atoms with Crippen LogP contribution in [0.1, 0.15) is 18.5 Å². The van der Waals surface area contributed by atoms with E-state index in [1.165, 1.54) is 12.1 Å². The SMILES string of the molecule is C[C@H](N)c1ccnc(Oc2ccc(Cl)c(F)c2)c1. The second kappa shape index (κ2) is 5.33. The van der Waals surface area contributed by atoms with E-state index in [-0.39, 0.29) is 11.1 Å². The van der Waals surface area contributed by atoms with Crippen molar-refractivity contribution >= 4 is 11.6 Å². The monoisotopic (exact) mass is 266 g/mol. The van der Waals surface area contributed by atoms with Gasteiger partial charge in [0.15, 0.2) is 0 Å². The van der Waals surface area contributed by atoms with Crippen molar-refractivity contribution in [2.24, 2.45) is 5.73 Å². The van der Waals surface area contributed by atoms with Crippen molar-refractivity contribution in [3.63, 3.8) is 0 Å². The van der Waals surface area contributed by atoms with Crippen LogP contribution in [-0.4, -0.2) is 4.98 Å². The van der Waals surface area contributed by atoms with E-state index in [1.807, 2.05) is 6.92 Å². The molecule has 94 valence electrons. The second-order valence-electron chi connectivity index (χ2n) is 3.89. The summed E-state index contributed by atoms with van der Waals surface area (Å²) in [6.45, 7) is 1.86. The molecule has 1 aromatic heterocycles. The van der Waals surface area contributed by atoms with Crippen LogP contribution < -0.4 is 10.5 Å². The summed E-state index contributed by atoms with van der Waals surface area (Å²) >= 11 is 5.59. The Balaban J connectivity index is 2.23. The first-order valence-electron chi connectivity index (χ1n) is 5.40. The van der Waals surface area contributed by atoms with Gasteiger partial charge >= 0.3 is 0 Å². The number of ether oxygens (including phenoxy) is 1. The number of rotatable bonds is 3. The summed E-state index contributed by atoms with van der Waals surface area (Å²) in [6.07, 6.45) is 1.60. The van der Waals surface area contributed by atoms with Gasteiger partial charge in [0, 0.05) is 24.4 Å². The number of aromatic nitrogens is 1. The van der Waals surface area contributed by atoms with Gasteiger partial charge in [-0.05, 0) is 30.7 Å². The van der Waals surface area contributed by atoms with Crippen molar-refractivity contribution < 1.29 is 9.13 Å². The third kappa shape index (κ3) is 2.97.